The second-order valence-corrected chi connectivity index (χ2v) is 8.79. The van der Waals surface area contributed by atoms with Gasteiger partial charge in [0.05, 0.1) is 11.5 Å². The van der Waals surface area contributed by atoms with Crippen LogP contribution in [0.3, 0.4) is 0 Å². The third-order valence-corrected chi connectivity index (χ3v) is 6.62. The molecule has 0 atom stereocenters. The van der Waals surface area contributed by atoms with Crippen LogP contribution in [0.2, 0.25) is 0 Å². The molecule has 0 aliphatic heterocycles. The van der Waals surface area contributed by atoms with Gasteiger partial charge in [-0.05, 0) is 85.9 Å². The summed E-state index contributed by atoms with van der Waals surface area (Å²) in [5.41, 5.74) is 5.14. The van der Waals surface area contributed by atoms with Gasteiger partial charge in [-0.15, -0.1) is 0 Å². The van der Waals surface area contributed by atoms with Crippen LogP contribution in [-0.4, -0.2) is 36.5 Å². The molecule has 2 fully saturated rings. The van der Waals surface area contributed by atoms with Gasteiger partial charge in [-0.3, -0.25) is 4.79 Å². The van der Waals surface area contributed by atoms with Crippen molar-refractivity contribution in [2.45, 2.75) is 63.0 Å². The first-order valence-corrected chi connectivity index (χ1v) is 10.8. The van der Waals surface area contributed by atoms with Gasteiger partial charge in [-0.25, -0.2) is 0 Å². The molecule has 158 valence electrons. The molecule has 2 aliphatic carbocycles. The van der Waals surface area contributed by atoms with Crippen molar-refractivity contribution in [1.82, 2.24) is 5.32 Å². The van der Waals surface area contributed by atoms with Crippen molar-refractivity contribution >= 4 is 17.9 Å². The lowest BCUT2D eigenvalue weighted by Crippen LogP contribution is -2.35. The molecule has 0 heterocycles. The van der Waals surface area contributed by atoms with Gasteiger partial charge in [0.25, 0.3) is 5.91 Å². The van der Waals surface area contributed by atoms with Crippen LogP contribution in [0, 0.1) is 6.92 Å². The lowest BCUT2D eigenvalue weighted by Gasteiger charge is -2.36. The number of anilines is 1. The summed E-state index contributed by atoms with van der Waals surface area (Å²) >= 11 is 0. The smallest absolute Gasteiger partial charge is 0.251 e. The molecule has 0 spiro atoms. The van der Waals surface area contributed by atoms with Crippen molar-refractivity contribution in [3.8, 4) is 11.1 Å². The maximum Gasteiger partial charge on any atom is 0.251 e. The molecule has 1 amide bonds. The van der Waals surface area contributed by atoms with Gasteiger partial charge in [0.15, 0.2) is 0 Å². The van der Waals surface area contributed by atoms with E-state index in [4.69, 9.17) is 0 Å². The van der Waals surface area contributed by atoms with E-state index in [2.05, 4.69) is 16.7 Å². The number of aliphatic hydroxyl groups excluding tert-OH is 1. The van der Waals surface area contributed by atoms with E-state index in [-0.39, 0.29) is 12.0 Å². The largest absolute Gasteiger partial charge is 0.393 e. The molecule has 2 aromatic rings. The molecule has 0 bridgehead atoms. The van der Waals surface area contributed by atoms with Gasteiger partial charge in [-0.1, -0.05) is 18.2 Å². The zero-order chi connectivity index (χ0) is 21.3. The fourth-order valence-electron chi connectivity index (χ4n) is 4.49. The van der Waals surface area contributed by atoms with E-state index in [1.54, 1.807) is 0 Å². The van der Waals surface area contributed by atoms with E-state index in [1.807, 2.05) is 44.3 Å². The van der Waals surface area contributed by atoms with Gasteiger partial charge < -0.3 is 20.5 Å². The predicted octanol–water partition coefficient (Wildman–Crippen LogP) is 3.97. The number of benzene rings is 2. The summed E-state index contributed by atoms with van der Waals surface area (Å²) in [6.45, 7) is 2.04. The minimum atomic E-state index is -0.558. The van der Waals surface area contributed by atoms with Crippen LogP contribution in [0.15, 0.2) is 36.4 Å². The molecule has 0 saturated heterocycles. The molecule has 2 saturated carbocycles. The van der Waals surface area contributed by atoms with Crippen molar-refractivity contribution < 1.29 is 14.7 Å². The highest BCUT2D eigenvalue weighted by atomic mass is 16.3. The first kappa shape index (κ1) is 20.6. The minimum absolute atomic E-state index is 0.0233. The van der Waals surface area contributed by atoms with E-state index in [9.17, 15) is 14.7 Å². The molecule has 30 heavy (non-hydrogen) atoms. The quantitative estimate of drug-likeness (QED) is 0.635. The maximum absolute atomic E-state index is 12.5. The Morgan fingerprint density at radius 1 is 1.10 bits per heavy atom. The number of nitrogens with one attached hydrogen (secondary N) is 2. The van der Waals surface area contributed by atoms with Crippen LogP contribution >= 0.6 is 0 Å². The Morgan fingerprint density at radius 2 is 1.83 bits per heavy atom. The third-order valence-electron chi connectivity index (χ3n) is 6.62. The first-order chi connectivity index (χ1) is 14.5. The van der Waals surface area contributed by atoms with Gasteiger partial charge in [0.1, 0.15) is 6.29 Å². The average molecular weight is 407 g/mol. The van der Waals surface area contributed by atoms with Crippen molar-refractivity contribution in [2.75, 3.05) is 12.4 Å². The van der Waals surface area contributed by atoms with E-state index in [0.29, 0.717) is 37.3 Å². The maximum atomic E-state index is 12.5. The Bertz CT molecular complexity index is 957. The van der Waals surface area contributed by atoms with Gasteiger partial charge >= 0.3 is 0 Å². The molecule has 5 heteroatoms. The minimum Gasteiger partial charge on any atom is -0.393 e. The Labute approximate surface area is 177 Å². The number of rotatable bonds is 6. The average Bonchev–Trinajstić information content (AvgIpc) is 3.58. The number of hydrogen-bond acceptors (Lipinski definition) is 4. The molecule has 0 unspecified atom stereocenters. The number of carbonyl (C=O) groups is 2. The molecule has 2 aromatic carbocycles. The van der Waals surface area contributed by atoms with E-state index < -0.39 is 5.41 Å². The fourth-order valence-corrected chi connectivity index (χ4v) is 4.49. The number of carbonyl (C=O) groups excluding carboxylic acids is 2. The lowest BCUT2D eigenvalue weighted by atomic mass is 9.69. The highest BCUT2D eigenvalue weighted by Crippen LogP contribution is 2.42. The summed E-state index contributed by atoms with van der Waals surface area (Å²) < 4.78 is 0. The molecular weight excluding hydrogens is 376 g/mol. The molecule has 0 aromatic heterocycles. The predicted molar refractivity (Wildman–Crippen MR) is 119 cm³/mol. The Kier molecular flexibility index (Phi) is 5.65. The number of aryl methyl sites for hydroxylation is 1. The van der Waals surface area contributed by atoms with Crippen LogP contribution in [0.25, 0.3) is 11.1 Å². The van der Waals surface area contributed by atoms with Gasteiger partial charge in [-0.2, -0.15) is 0 Å². The molecule has 2 aliphatic rings. The third kappa shape index (κ3) is 3.99. The molecule has 5 nitrogen and oxygen atoms in total. The van der Waals surface area contributed by atoms with Crippen molar-refractivity contribution in [3.05, 3.63) is 53.1 Å². The van der Waals surface area contributed by atoms with Crippen LogP contribution in [-0.2, 0) is 10.2 Å². The van der Waals surface area contributed by atoms with Crippen molar-refractivity contribution in [1.29, 1.82) is 0 Å². The number of aliphatic hydroxyl groups is 1. The summed E-state index contributed by atoms with van der Waals surface area (Å²) in [5.74, 6) is -0.0233. The zero-order valence-corrected chi connectivity index (χ0v) is 17.7. The number of hydrogen-bond donors (Lipinski definition) is 3. The normalized spacial score (nSPS) is 23.6. The van der Waals surface area contributed by atoms with Crippen LogP contribution in [0.1, 0.15) is 60.0 Å². The molecule has 0 radical (unpaired) electrons. The van der Waals surface area contributed by atoms with Crippen LogP contribution < -0.4 is 10.6 Å². The Morgan fingerprint density at radius 3 is 2.47 bits per heavy atom. The first-order valence-electron chi connectivity index (χ1n) is 10.8. The molecule has 4 rings (SSSR count). The Balaban J connectivity index is 1.69. The fraction of sp³-hybridized carbons (Fsp3) is 0.440. The summed E-state index contributed by atoms with van der Waals surface area (Å²) in [6, 6.07) is 12.3. The highest BCUT2D eigenvalue weighted by Gasteiger charge is 2.38. The SMILES string of the molecule is CNc1cc(-c2cc(C(=O)NC3CC3)ccc2C)ccc1C1(C=O)CCC(O)CC1. The summed E-state index contributed by atoms with van der Waals surface area (Å²) in [5, 5.41) is 16.2. The van der Waals surface area contributed by atoms with Crippen LogP contribution in [0.4, 0.5) is 5.69 Å². The second-order valence-electron chi connectivity index (χ2n) is 8.79. The number of amides is 1. The summed E-state index contributed by atoms with van der Waals surface area (Å²) in [6.07, 6.45) is 5.45. The lowest BCUT2D eigenvalue weighted by molar-refractivity contribution is -0.114. The van der Waals surface area contributed by atoms with Crippen molar-refractivity contribution in [2.24, 2.45) is 0 Å². The van der Waals surface area contributed by atoms with Crippen molar-refractivity contribution in [3.63, 3.8) is 0 Å². The number of aldehydes is 1. The highest BCUT2D eigenvalue weighted by molar-refractivity contribution is 5.96. The zero-order valence-electron chi connectivity index (χ0n) is 17.7. The van der Waals surface area contributed by atoms with Gasteiger partial charge in [0.2, 0.25) is 0 Å². The summed E-state index contributed by atoms with van der Waals surface area (Å²) in [7, 11) is 1.87. The molecule has 3 N–H and O–H groups in total. The second kappa shape index (κ2) is 8.23. The monoisotopic (exact) mass is 406 g/mol. The standard InChI is InChI=1S/C25H30N2O3/c1-16-3-4-18(24(30)27-19-6-7-19)13-21(16)17-5-8-22(23(14-17)26-2)25(15-28)11-9-20(29)10-12-25/h3-5,8,13-15,19-20,26,29H,6-7,9-12H2,1-2H3,(H,27,30). The Hall–Kier alpha value is -2.66. The van der Waals surface area contributed by atoms with Gasteiger partial charge in [0, 0.05) is 24.3 Å². The van der Waals surface area contributed by atoms with E-state index in [1.165, 1.54) is 0 Å². The topological polar surface area (TPSA) is 78.4 Å². The summed E-state index contributed by atoms with van der Waals surface area (Å²) in [4.78, 5) is 24.6. The van der Waals surface area contributed by atoms with Crippen LogP contribution in [0.5, 0.6) is 0 Å². The molecular formula is C25H30N2O3. The van der Waals surface area contributed by atoms with E-state index >= 15 is 0 Å². The van der Waals surface area contributed by atoms with E-state index in [0.717, 1.165) is 47.1 Å².